The van der Waals surface area contributed by atoms with Gasteiger partial charge in [-0.1, -0.05) is 5.16 Å². The van der Waals surface area contributed by atoms with Crippen LogP contribution in [-0.2, 0) is 9.53 Å². The lowest BCUT2D eigenvalue weighted by atomic mass is 10.1. The van der Waals surface area contributed by atoms with E-state index in [0.29, 0.717) is 22.6 Å². The van der Waals surface area contributed by atoms with Crippen LogP contribution in [0.2, 0.25) is 0 Å². The Morgan fingerprint density at radius 2 is 2.05 bits per heavy atom. The number of nitrogens with zero attached hydrogens (tertiary/aromatic N) is 1. The number of rotatable bonds is 5. The SMILES string of the molecule is COc1ccc(C(=O)OCC(=O)Nc2cc(C)on2)c(C)c1. The first-order valence-electron chi connectivity index (χ1n) is 6.54. The highest BCUT2D eigenvalue weighted by molar-refractivity contribution is 5.95. The average molecular weight is 304 g/mol. The Labute approximate surface area is 127 Å². The highest BCUT2D eigenvalue weighted by Gasteiger charge is 2.14. The van der Waals surface area contributed by atoms with Crippen LogP contribution in [0.1, 0.15) is 21.7 Å². The van der Waals surface area contributed by atoms with Gasteiger partial charge in [0.05, 0.1) is 12.7 Å². The van der Waals surface area contributed by atoms with E-state index in [2.05, 4.69) is 10.5 Å². The van der Waals surface area contributed by atoms with E-state index in [1.807, 2.05) is 0 Å². The monoisotopic (exact) mass is 304 g/mol. The summed E-state index contributed by atoms with van der Waals surface area (Å²) in [5, 5.41) is 6.07. The number of hydrogen-bond acceptors (Lipinski definition) is 6. The molecule has 0 bridgehead atoms. The lowest BCUT2D eigenvalue weighted by Gasteiger charge is -2.08. The molecule has 1 amide bonds. The summed E-state index contributed by atoms with van der Waals surface area (Å²) in [6.07, 6.45) is 0. The van der Waals surface area contributed by atoms with Gasteiger partial charge in [0.2, 0.25) is 0 Å². The average Bonchev–Trinajstić information content (AvgIpc) is 2.89. The van der Waals surface area contributed by atoms with Gasteiger partial charge >= 0.3 is 5.97 Å². The second-order valence-corrected chi connectivity index (χ2v) is 4.63. The van der Waals surface area contributed by atoms with Crippen molar-refractivity contribution in [1.29, 1.82) is 0 Å². The van der Waals surface area contributed by atoms with E-state index in [9.17, 15) is 9.59 Å². The van der Waals surface area contributed by atoms with E-state index in [-0.39, 0.29) is 5.82 Å². The molecule has 0 spiro atoms. The number of nitrogens with one attached hydrogen (secondary N) is 1. The molecule has 0 atom stereocenters. The van der Waals surface area contributed by atoms with Crippen molar-refractivity contribution < 1.29 is 23.6 Å². The molecule has 116 valence electrons. The number of anilines is 1. The number of amides is 1. The smallest absolute Gasteiger partial charge is 0.338 e. The molecule has 0 saturated heterocycles. The van der Waals surface area contributed by atoms with Gasteiger partial charge in [-0.05, 0) is 37.6 Å². The largest absolute Gasteiger partial charge is 0.497 e. The molecule has 0 radical (unpaired) electrons. The number of carbonyl (C=O) groups is 2. The number of methoxy groups -OCH3 is 1. The zero-order valence-corrected chi connectivity index (χ0v) is 12.5. The van der Waals surface area contributed by atoms with Crippen LogP contribution in [0.5, 0.6) is 5.75 Å². The second-order valence-electron chi connectivity index (χ2n) is 4.63. The van der Waals surface area contributed by atoms with Crippen molar-refractivity contribution >= 4 is 17.7 Å². The molecule has 0 aliphatic heterocycles. The Kier molecular flexibility index (Phi) is 4.77. The maximum atomic E-state index is 11.9. The minimum absolute atomic E-state index is 0.277. The molecular weight excluding hydrogens is 288 g/mol. The Morgan fingerprint density at radius 3 is 2.64 bits per heavy atom. The van der Waals surface area contributed by atoms with Crippen LogP contribution in [0.25, 0.3) is 0 Å². The van der Waals surface area contributed by atoms with E-state index < -0.39 is 18.5 Å². The normalized spacial score (nSPS) is 10.1. The number of aromatic nitrogens is 1. The van der Waals surface area contributed by atoms with Gasteiger partial charge in [-0.3, -0.25) is 4.79 Å². The molecule has 7 heteroatoms. The first-order chi connectivity index (χ1) is 10.5. The first-order valence-corrected chi connectivity index (χ1v) is 6.54. The second kappa shape index (κ2) is 6.75. The summed E-state index contributed by atoms with van der Waals surface area (Å²) in [6.45, 7) is 3.06. The predicted molar refractivity (Wildman–Crippen MR) is 77.9 cm³/mol. The highest BCUT2D eigenvalue weighted by atomic mass is 16.5. The van der Waals surface area contributed by atoms with E-state index in [0.717, 1.165) is 0 Å². The van der Waals surface area contributed by atoms with Gasteiger partial charge in [0, 0.05) is 6.07 Å². The number of aryl methyl sites for hydroxylation is 2. The fourth-order valence-electron chi connectivity index (χ4n) is 1.81. The predicted octanol–water partition coefficient (Wildman–Crippen LogP) is 2.10. The van der Waals surface area contributed by atoms with Crippen LogP contribution in [0.15, 0.2) is 28.8 Å². The number of benzene rings is 1. The Bertz CT molecular complexity index is 693. The summed E-state index contributed by atoms with van der Waals surface area (Å²) in [6, 6.07) is 6.53. The summed E-state index contributed by atoms with van der Waals surface area (Å²) >= 11 is 0. The minimum Gasteiger partial charge on any atom is -0.497 e. The van der Waals surface area contributed by atoms with Crippen molar-refractivity contribution in [1.82, 2.24) is 5.16 Å². The van der Waals surface area contributed by atoms with Crippen molar-refractivity contribution in [3.05, 3.63) is 41.2 Å². The molecule has 1 aromatic heterocycles. The molecule has 1 heterocycles. The molecule has 2 rings (SSSR count). The Hall–Kier alpha value is -2.83. The first kappa shape index (κ1) is 15.6. The van der Waals surface area contributed by atoms with Gasteiger partial charge in [-0.25, -0.2) is 4.79 Å². The van der Waals surface area contributed by atoms with Crippen molar-refractivity contribution in [2.45, 2.75) is 13.8 Å². The summed E-state index contributed by atoms with van der Waals surface area (Å²) in [4.78, 5) is 23.6. The maximum Gasteiger partial charge on any atom is 0.338 e. The van der Waals surface area contributed by atoms with Gasteiger partial charge in [0.1, 0.15) is 11.5 Å². The lowest BCUT2D eigenvalue weighted by molar-refractivity contribution is -0.119. The fourth-order valence-corrected chi connectivity index (χ4v) is 1.81. The Morgan fingerprint density at radius 1 is 1.27 bits per heavy atom. The van der Waals surface area contributed by atoms with E-state index >= 15 is 0 Å². The molecule has 0 aliphatic rings. The molecule has 1 aromatic carbocycles. The van der Waals surface area contributed by atoms with Crippen molar-refractivity contribution in [3.8, 4) is 5.75 Å². The van der Waals surface area contributed by atoms with Gasteiger partial charge in [0.25, 0.3) is 5.91 Å². The van der Waals surface area contributed by atoms with Crippen LogP contribution in [0.3, 0.4) is 0 Å². The van der Waals surface area contributed by atoms with Gasteiger partial charge in [0.15, 0.2) is 12.4 Å². The van der Waals surface area contributed by atoms with Gasteiger partial charge in [-0.15, -0.1) is 0 Å². The number of ether oxygens (including phenoxy) is 2. The molecule has 7 nitrogen and oxygen atoms in total. The van der Waals surface area contributed by atoms with Crippen LogP contribution in [0.4, 0.5) is 5.82 Å². The van der Waals surface area contributed by atoms with Crippen molar-refractivity contribution in [3.63, 3.8) is 0 Å². The third kappa shape index (κ3) is 3.85. The summed E-state index contributed by atoms with van der Waals surface area (Å²) in [5.74, 6) is 0.424. The fraction of sp³-hybridized carbons (Fsp3) is 0.267. The van der Waals surface area contributed by atoms with Crippen molar-refractivity contribution in [2.75, 3.05) is 19.0 Å². The van der Waals surface area contributed by atoms with Gasteiger partial charge < -0.3 is 19.3 Å². The maximum absolute atomic E-state index is 11.9. The van der Waals surface area contributed by atoms with Crippen LogP contribution in [-0.4, -0.2) is 30.7 Å². The summed E-state index contributed by atoms with van der Waals surface area (Å²) in [5.41, 5.74) is 1.09. The molecule has 22 heavy (non-hydrogen) atoms. The molecule has 0 aliphatic carbocycles. The van der Waals surface area contributed by atoms with E-state index in [1.54, 1.807) is 45.2 Å². The molecule has 0 fully saturated rings. The number of esters is 1. The standard InChI is InChI=1S/C15H16N2O5/c1-9-6-11(20-3)4-5-12(9)15(19)21-8-14(18)16-13-7-10(2)22-17-13/h4-7H,8H2,1-3H3,(H,16,17,18). The zero-order chi connectivity index (χ0) is 16.1. The molecular formula is C15H16N2O5. The van der Waals surface area contributed by atoms with Crippen LogP contribution in [0, 0.1) is 13.8 Å². The summed E-state index contributed by atoms with van der Waals surface area (Å²) < 4.78 is 14.9. The summed E-state index contributed by atoms with van der Waals surface area (Å²) in [7, 11) is 1.54. The molecule has 0 saturated carbocycles. The van der Waals surface area contributed by atoms with E-state index in [4.69, 9.17) is 14.0 Å². The lowest BCUT2D eigenvalue weighted by Crippen LogP contribution is -2.21. The van der Waals surface area contributed by atoms with Crippen LogP contribution < -0.4 is 10.1 Å². The number of hydrogen-bond donors (Lipinski definition) is 1. The Balaban J connectivity index is 1.91. The molecule has 1 N–H and O–H groups in total. The molecule has 0 unspecified atom stereocenters. The highest BCUT2D eigenvalue weighted by Crippen LogP contribution is 2.17. The molecule has 2 aromatic rings. The van der Waals surface area contributed by atoms with E-state index in [1.165, 1.54) is 0 Å². The quantitative estimate of drug-likeness (QED) is 0.851. The number of carbonyl (C=O) groups excluding carboxylic acids is 2. The van der Waals surface area contributed by atoms with Crippen molar-refractivity contribution in [2.24, 2.45) is 0 Å². The van der Waals surface area contributed by atoms with Gasteiger partial charge in [-0.2, -0.15) is 0 Å². The topological polar surface area (TPSA) is 90.7 Å². The third-order valence-corrected chi connectivity index (χ3v) is 2.88. The minimum atomic E-state index is -0.577. The van der Waals surface area contributed by atoms with Crippen LogP contribution >= 0.6 is 0 Å². The third-order valence-electron chi connectivity index (χ3n) is 2.88. The zero-order valence-electron chi connectivity index (χ0n) is 12.5.